The van der Waals surface area contributed by atoms with E-state index in [2.05, 4.69) is 29.0 Å². The van der Waals surface area contributed by atoms with Crippen molar-refractivity contribution >= 4 is 17.7 Å². The predicted molar refractivity (Wildman–Crippen MR) is 79.4 cm³/mol. The smallest absolute Gasteiger partial charge is 0.228 e. The molecule has 0 bridgehead atoms. The summed E-state index contributed by atoms with van der Waals surface area (Å²) in [5.74, 6) is 0.127. The van der Waals surface area contributed by atoms with Crippen LogP contribution in [0.1, 0.15) is 29.9 Å². The molecule has 0 saturated heterocycles. The molecule has 102 valence electrons. The Hall–Kier alpha value is -1.00. The number of thioether (sulfide) groups is 1. The van der Waals surface area contributed by atoms with Crippen LogP contribution in [0.3, 0.4) is 0 Å². The maximum Gasteiger partial charge on any atom is 0.228 e. The van der Waals surface area contributed by atoms with E-state index >= 15 is 0 Å². The highest BCUT2D eigenvalue weighted by molar-refractivity contribution is 8.00. The summed E-state index contributed by atoms with van der Waals surface area (Å²) in [5.41, 5.74) is 2.44. The Labute approximate surface area is 118 Å². The Morgan fingerprint density at radius 2 is 2.26 bits per heavy atom. The average molecular weight is 276 g/mol. The second kappa shape index (κ2) is 5.17. The molecule has 19 heavy (non-hydrogen) atoms. The normalized spacial score (nSPS) is 23.5. The van der Waals surface area contributed by atoms with Gasteiger partial charge in [-0.1, -0.05) is 24.3 Å². The van der Waals surface area contributed by atoms with Gasteiger partial charge in [0, 0.05) is 24.4 Å². The lowest BCUT2D eigenvalue weighted by atomic mass is 9.90. The van der Waals surface area contributed by atoms with Crippen molar-refractivity contribution in [2.45, 2.75) is 30.1 Å². The molecule has 1 saturated carbocycles. The monoisotopic (exact) mass is 276 g/mol. The summed E-state index contributed by atoms with van der Waals surface area (Å²) in [6.45, 7) is 2.43. The van der Waals surface area contributed by atoms with E-state index in [4.69, 9.17) is 0 Å². The predicted octanol–water partition coefficient (Wildman–Crippen LogP) is 1.89. The summed E-state index contributed by atoms with van der Waals surface area (Å²) in [5, 5.41) is 6.48. The Morgan fingerprint density at radius 1 is 1.47 bits per heavy atom. The first-order valence-electron chi connectivity index (χ1n) is 6.85. The molecule has 1 aromatic rings. The van der Waals surface area contributed by atoms with Crippen molar-refractivity contribution in [3.05, 3.63) is 35.4 Å². The summed E-state index contributed by atoms with van der Waals surface area (Å²) in [7, 11) is 0. The zero-order valence-corrected chi connectivity index (χ0v) is 12.1. The number of nitrogens with one attached hydrogen (secondary N) is 2. The molecule has 1 unspecified atom stereocenters. The van der Waals surface area contributed by atoms with Crippen molar-refractivity contribution in [1.82, 2.24) is 10.6 Å². The van der Waals surface area contributed by atoms with Gasteiger partial charge in [-0.05, 0) is 30.2 Å². The summed E-state index contributed by atoms with van der Waals surface area (Å²) < 4.78 is 0.331. The van der Waals surface area contributed by atoms with Crippen molar-refractivity contribution in [1.29, 1.82) is 0 Å². The molecule has 1 atom stereocenters. The lowest BCUT2D eigenvalue weighted by molar-refractivity contribution is -0.122. The maximum atomic E-state index is 12.4. The summed E-state index contributed by atoms with van der Waals surface area (Å²) >= 11 is 1.88. The van der Waals surface area contributed by atoms with Gasteiger partial charge in [-0.3, -0.25) is 4.79 Å². The molecular weight excluding hydrogens is 256 g/mol. The first-order chi connectivity index (χ1) is 9.24. The van der Waals surface area contributed by atoms with E-state index in [1.54, 1.807) is 0 Å². The van der Waals surface area contributed by atoms with Gasteiger partial charge in [0.2, 0.25) is 5.91 Å². The van der Waals surface area contributed by atoms with Crippen LogP contribution in [-0.4, -0.2) is 30.0 Å². The SMILES string of the molecule is CSC1(CNC(=O)C2CNCc3ccccc32)CC1. The third-order valence-electron chi connectivity index (χ3n) is 4.24. The first-order valence-corrected chi connectivity index (χ1v) is 8.08. The van der Waals surface area contributed by atoms with Crippen molar-refractivity contribution < 1.29 is 4.79 Å². The Morgan fingerprint density at radius 3 is 3.00 bits per heavy atom. The molecule has 3 rings (SSSR count). The molecule has 1 heterocycles. The fourth-order valence-corrected chi connectivity index (χ4v) is 3.42. The minimum absolute atomic E-state index is 0.0393. The minimum Gasteiger partial charge on any atom is -0.354 e. The quantitative estimate of drug-likeness (QED) is 0.882. The molecule has 4 heteroatoms. The van der Waals surface area contributed by atoms with E-state index in [9.17, 15) is 4.79 Å². The third-order valence-corrected chi connectivity index (χ3v) is 5.66. The van der Waals surface area contributed by atoms with Crippen LogP contribution >= 0.6 is 11.8 Å². The molecule has 1 aromatic carbocycles. The number of benzene rings is 1. The van der Waals surface area contributed by atoms with Gasteiger partial charge in [-0.15, -0.1) is 0 Å². The fraction of sp³-hybridized carbons (Fsp3) is 0.533. The van der Waals surface area contributed by atoms with Gasteiger partial charge in [0.1, 0.15) is 0 Å². The number of carbonyl (C=O) groups is 1. The van der Waals surface area contributed by atoms with E-state index in [1.165, 1.54) is 24.0 Å². The van der Waals surface area contributed by atoms with Gasteiger partial charge < -0.3 is 10.6 Å². The van der Waals surface area contributed by atoms with Crippen LogP contribution in [0, 0.1) is 0 Å². The first kappa shape index (κ1) is 13.0. The molecule has 1 amide bonds. The number of rotatable bonds is 4. The third kappa shape index (κ3) is 2.65. The topological polar surface area (TPSA) is 41.1 Å². The van der Waals surface area contributed by atoms with Crippen molar-refractivity contribution in [2.24, 2.45) is 0 Å². The van der Waals surface area contributed by atoms with Gasteiger partial charge in [0.05, 0.1) is 5.92 Å². The van der Waals surface area contributed by atoms with Crippen LogP contribution < -0.4 is 10.6 Å². The summed E-state index contributed by atoms with van der Waals surface area (Å²) in [6.07, 6.45) is 4.60. The minimum atomic E-state index is -0.0393. The van der Waals surface area contributed by atoms with Crippen LogP contribution in [-0.2, 0) is 11.3 Å². The molecule has 0 aromatic heterocycles. The molecule has 2 N–H and O–H groups in total. The van der Waals surface area contributed by atoms with Crippen LogP contribution in [0.4, 0.5) is 0 Å². The fourth-order valence-electron chi connectivity index (χ4n) is 2.69. The largest absolute Gasteiger partial charge is 0.354 e. The zero-order valence-electron chi connectivity index (χ0n) is 11.2. The standard InChI is InChI=1S/C15H20N2OS/c1-19-15(6-7-15)10-17-14(18)13-9-16-8-11-4-2-3-5-12(11)13/h2-5,13,16H,6-10H2,1H3,(H,17,18). The molecule has 2 aliphatic rings. The van der Waals surface area contributed by atoms with Gasteiger partial charge in [-0.25, -0.2) is 0 Å². The highest BCUT2D eigenvalue weighted by Gasteiger charge is 2.42. The van der Waals surface area contributed by atoms with Crippen LogP contribution in [0.25, 0.3) is 0 Å². The number of amides is 1. The van der Waals surface area contributed by atoms with Crippen molar-refractivity contribution in [2.75, 3.05) is 19.3 Å². The van der Waals surface area contributed by atoms with Crippen LogP contribution in [0.15, 0.2) is 24.3 Å². The Balaban J connectivity index is 1.67. The summed E-state index contributed by atoms with van der Waals surface area (Å²) in [6, 6.07) is 8.25. The molecule has 0 radical (unpaired) electrons. The molecule has 0 spiro atoms. The molecule has 1 fully saturated rings. The van der Waals surface area contributed by atoms with Gasteiger partial charge in [-0.2, -0.15) is 11.8 Å². The van der Waals surface area contributed by atoms with E-state index in [-0.39, 0.29) is 11.8 Å². The lowest BCUT2D eigenvalue weighted by Gasteiger charge is -2.26. The maximum absolute atomic E-state index is 12.4. The summed E-state index contributed by atoms with van der Waals surface area (Å²) in [4.78, 5) is 12.4. The number of fused-ring (bicyclic) bond motifs is 1. The average Bonchev–Trinajstić information content (AvgIpc) is 3.25. The van der Waals surface area contributed by atoms with E-state index in [0.717, 1.165) is 19.6 Å². The highest BCUT2D eigenvalue weighted by Crippen LogP contribution is 2.46. The highest BCUT2D eigenvalue weighted by atomic mass is 32.2. The van der Waals surface area contributed by atoms with Crippen molar-refractivity contribution in [3.8, 4) is 0 Å². The van der Waals surface area contributed by atoms with Crippen LogP contribution in [0.2, 0.25) is 0 Å². The number of hydrogen-bond donors (Lipinski definition) is 2. The molecular formula is C15H20N2OS. The molecule has 1 aliphatic heterocycles. The molecule has 3 nitrogen and oxygen atoms in total. The van der Waals surface area contributed by atoms with Crippen molar-refractivity contribution in [3.63, 3.8) is 0 Å². The van der Waals surface area contributed by atoms with E-state index in [0.29, 0.717) is 4.75 Å². The Kier molecular flexibility index (Phi) is 3.54. The van der Waals surface area contributed by atoms with Gasteiger partial charge in [0.25, 0.3) is 0 Å². The molecule has 1 aliphatic carbocycles. The lowest BCUT2D eigenvalue weighted by Crippen LogP contribution is -2.41. The number of hydrogen-bond acceptors (Lipinski definition) is 3. The zero-order chi connectivity index (χ0) is 13.3. The van der Waals surface area contributed by atoms with E-state index < -0.39 is 0 Å². The van der Waals surface area contributed by atoms with Gasteiger partial charge in [0.15, 0.2) is 0 Å². The van der Waals surface area contributed by atoms with Crippen LogP contribution in [0.5, 0.6) is 0 Å². The number of carbonyl (C=O) groups excluding carboxylic acids is 1. The second-order valence-corrected chi connectivity index (χ2v) is 6.76. The second-order valence-electron chi connectivity index (χ2n) is 5.49. The van der Waals surface area contributed by atoms with Gasteiger partial charge >= 0.3 is 0 Å². The van der Waals surface area contributed by atoms with E-state index in [1.807, 2.05) is 23.9 Å². The Bertz CT molecular complexity index is 485.